The minimum Gasteiger partial charge on any atom is -0.502 e. The molecule has 1 aliphatic heterocycles. The summed E-state index contributed by atoms with van der Waals surface area (Å²) in [6.45, 7) is 0. The summed E-state index contributed by atoms with van der Waals surface area (Å²) < 4.78 is 49.2. The van der Waals surface area contributed by atoms with Crippen molar-refractivity contribution in [2.75, 3.05) is 19.1 Å². The van der Waals surface area contributed by atoms with E-state index in [0.29, 0.717) is 5.56 Å². The third-order valence-electron chi connectivity index (χ3n) is 4.03. The first-order chi connectivity index (χ1) is 13.7. The first-order valence-electron chi connectivity index (χ1n) is 8.06. The third kappa shape index (κ3) is 4.18. The number of hydrogen-bond donors (Lipinski definition) is 1. The van der Waals surface area contributed by atoms with Gasteiger partial charge in [-0.2, -0.15) is 13.2 Å². The van der Waals surface area contributed by atoms with Crippen LogP contribution in [0.4, 0.5) is 18.9 Å². The number of halogens is 3. The molecule has 1 fully saturated rings. The highest BCUT2D eigenvalue weighted by Gasteiger charge is 2.36. The number of thioether (sulfide) groups is 1. The smallest absolute Gasteiger partial charge is 0.416 e. The van der Waals surface area contributed by atoms with Crippen molar-refractivity contribution in [3.63, 3.8) is 0 Å². The third-order valence-corrected chi connectivity index (χ3v) is 5.33. The van der Waals surface area contributed by atoms with Crippen molar-refractivity contribution in [3.05, 3.63) is 52.4 Å². The molecule has 29 heavy (non-hydrogen) atoms. The lowest BCUT2D eigenvalue weighted by Gasteiger charge is -2.16. The number of carbonyl (C=O) groups is 1. The van der Waals surface area contributed by atoms with Crippen molar-refractivity contribution in [2.45, 2.75) is 6.18 Å². The molecule has 0 bridgehead atoms. The quantitative estimate of drug-likeness (QED) is 0.542. The summed E-state index contributed by atoms with van der Waals surface area (Å²) in [5.41, 5.74) is -0.353. The lowest BCUT2D eigenvalue weighted by molar-refractivity contribution is -0.137. The first-order valence-corrected chi connectivity index (χ1v) is 9.28. The van der Waals surface area contributed by atoms with Gasteiger partial charge in [0.25, 0.3) is 5.91 Å². The fourth-order valence-electron chi connectivity index (χ4n) is 2.66. The largest absolute Gasteiger partial charge is 0.502 e. The number of thiocarbonyl (C=S) groups is 1. The molecule has 5 nitrogen and oxygen atoms in total. The van der Waals surface area contributed by atoms with E-state index in [0.717, 1.165) is 28.8 Å². The average molecular weight is 441 g/mol. The number of aromatic hydroxyl groups is 1. The minimum atomic E-state index is -4.54. The second kappa shape index (κ2) is 7.96. The summed E-state index contributed by atoms with van der Waals surface area (Å²) in [4.78, 5) is 14.1. The van der Waals surface area contributed by atoms with Crippen LogP contribution in [0.3, 0.4) is 0 Å². The SMILES string of the molecule is COc1cc(C=C2SC(=S)N(c3cccc(C(F)(F)F)c3)C2=O)cc(OC)c1O. The molecule has 0 atom stereocenters. The van der Waals surface area contributed by atoms with Crippen LogP contribution in [0.15, 0.2) is 41.3 Å². The number of benzene rings is 2. The van der Waals surface area contributed by atoms with E-state index in [1.54, 1.807) is 0 Å². The minimum absolute atomic E-state index is 0.0339. The van der Waals surface area contributed by atoms with Crippen molar-refractivity contribution >= 4 is 46.0 Å². The zero-order chi connectivity index (χ0) is 21.3. The van der Waals surface area contributed by atoms with Gasteiger partial charge in [0.05, 0.1) is 30.4 Å². The van der Waals surface area contributed by atoms with Gasteiger partial charge in [0.15, 0.2) is 15.8 Å². The number of carbonyl (C=O) groups excluding carboxylic acids is 1. The van der Waals surface area contributed by atoms with E-state index in [2.05, 4.69) is 0 Å². The summed E-state index contributed by atoms with van der Waals surface area (Å²) in [5, 5.41) is 9.99. The molecule has 0 aliphatic carbocycles. The highest BCUT2D eigenvalue weighted by Crippen LogP contribution is 2.41. The van der Waals surface area contributed by atoms with Crippen LogP contribution >= 0.6 is 24.0 Å². The second-order valence-corrected chi connectivity index (χ2v) is 7.52. The molecule has 10 heteroatoms. The zero-order valence-corrected chi connectivity index (χ0v) is 16.7. The molecule has 1 amide bonds. The van der Waals surface area contributed by atoms with Gasteiger partial charge in [-0.25, -0.2) is 0 Å². The molecular formula is C19H14F3NO4S2. The number of phenolic OH excluding ortho intramolecular Hbond substituents is 1. The number of hydrogen-bond acceptors (Lipinski definition) is 6. The predicted octanol–water partition coefficient (Wildman–Crippen LogP) is 4.83. The van der Waals surface area contributed by atoms with Gasteiger partial charge < -0.3 is 14.6 Å². The topological polar surface area (TPSA) is 59.0 Å². The van der Waals surface area contributed by atoms with Gasteiger partial charge in [-0.1, -0.05) is 30.0 Å². The number of nitrogens with zero attached hydrogens (tertiary/aromatic N) is 1. The van der Waals surface area contributed by atoms with E-state index in [1.165, 1.54) is 44.6 Å². The van der Waals surface area contributed by atoms with Crippen molar-refractivity contribution in [3.8, 4) is 17.2 Å². The van der Waals surface area contributed by atoms with Gasteiger partial charge in [0, 0.05) is 0 Å². The maximum Gasteiger partial charge on any atom is 0.416 e. The highest BCUT2D eigenvalue weighted by atomic mass is 32.2. The number of ether oxygens (including phenoxy) is 2. The molecule has 1 aliphatic rings. The van der Waals surface area contributed by atoms with E-state index in [9.17, 15) is 23.1 Å². The van der Waals surface area contributed by atoms with Crippen LogP contribution in [-0.2, 0) is 11.0 Å². The molecule has 2 aromatic rings. The van der Waals surface area contributed by atoms with Crippen molar-refractivity contribution < 1.29 is 32.5 Å². The molecule has 0 aromatic heterocycles. The summed E-state index contributed by atoms with van der Waals surface area (Å²) in [6.07, 6.45) is -3.04. The van der Waals surface area contributed by atoms with Crippen LogP contribution in [0.25, 0.3) is 6.08 Å². The number of rotatable bonds is 4. The van der Waals surface area contributed by atoms with Crippen LogP contribution in [0.5, 0.6) is 17.2 Å². The lowest BCUT2D eigenvalue weighted by Crippen LogP contribution is -2.27. The molecule has 0 unspecified atom stereocenters. The van der Waals surface area contributed by atoms with Crippen molar-refractivity contribution in [2.24, 2.45) is 0 Å². The molecule has 152 valence electrons. The Kier molecular flexibility index (Phi) is 5.76. The van der Waals surface area contributed by atoms with Gasteiger partial charge in [-0.15, -0.1) is 0 Å². The summed E-state index contributed by atoms with van der Waals surface area (Å²) in [5.74, 6) is -0.457. The fraction of sp³-hybridized carbons (Fsp3) is 0.158. The molecule has 0 saturated carbocycles. The van der Waals surface area contributed by atoms with Crippen molar-refractivity contribution in [1.29, 1.82) is 0 Å². The van der Waals surface area contributed by atoms with E-state index >= 15 is 0 Å². The Bertz CT molecular complexity index is 996. The Morgan fingerprint density at radius 1 is 1.14 bits per heavy atom. The standard InChI is InChI=1S/C19H14F3NO4S2/c1-26-13-6-10(7-14(27-2)16(13)24)8-15-17(25)23(18(28)29-15)12-5-3-4-11(9-12)19(20,21)22/h3-9,24H,1-2H3. The Morgan fingerprint density at radius 3 is 2.31 bits per heavy atom. The van der Waals surface area contributed by atoms with Gasteiger partial charge in [-0.05, 0) is 42.0 Å². The fourth-order valence-corrected chi connectivity index (χ4v) is 3.96. The number of phenols is 1. The molecule has 0 spiro atoms. The van der Waals surface area contributed by atoms with E-state index < -0.39 is 17.6 Å². The van der Waals surface area contributed by atoms with Crippen LogP contribution in [0, 0.1) is 0 Å². The zero-order valence-electron chi connectivity index (χ0n) is 15.1. The molecule has 0 radical (unpaired) electrons. The number of amides is 1. The summed E-state index contributed by atoms with van der Waals surface area (Å²) in [7, 11) is 2.73. The molecule has 1 N–H and O–H groups in total. The summed E-state index contributed by atoms with van der Waals surface area (Å²) in [6, 6.07) is 7.39. The first kappa shape index (κ1) is 21.0. The van der Waals surface area contributed by atoms with Crippen LogP contribution in [-0.4, -0.2) is 29.6 Å². The average Bonchev–Trinajstić information content (AvgIpc) is 2.95. The molecule has 1 heterocycles. The van der Waals surface area contributed by atoms with Crippen LogP contribution in [0.1, 0.15) is 11.1 Å². The normalized spacial score (nSPS) is 15.9. The van der Waals surface area contributed by atoms with Crippen LogP contribution in [0.2, 0.25) is 0 Å². The summed E-state index contributed by atoms with van der Waals surface area (Å²) >= 11 is 6.16. The maximum absolute atomic E-state index is 13.0. The van der Waals surface area contributed by atoms with E-state index in [1.807, 2.05) is 0 Å². The van der Waals surface area contributed by atoms with E-state index in [-0.39, 0.29) is 32.2 Å². The molecule has 2 aromatic carbocycles. The monoisotopic (exact) mass is 441 g/mol. The van der Waals surface area contributed by atoms with Crippen molar-refractivity contribution in [1.82, 2.24) is 0 Å². The number of anilines is 1. The van der Waals surface area contributed by atoms with E-state index in [4.69, 9.17) is 21.7 Å². The predicted molar refractivity (Wildman–Crippen MR) is 108 cm³/mol. The second-order valence-electron chi connectivity index (χ2n) is 5.84. The van der Waals surface area contributed by atoms with Gasteiger partial charge in [0.2, 0.25) is 5.75 Å². The number of alkyl halides is 3. The number of methoxy groups -OCH3 is 2. The maximum atomic E-state index is 13.0. The van der Waals surface area contributed by atoms with Gasteiger partial charge in [-0.3, -0.25) is 9.69 Å². The Balaban J connectivity index is 1.98. The Hall–Kier alpha value is -2.72. The Morgan fingerprint density at radius 2 is 1.76 bits per heavy atom. The Labute approximate surface area is 173 Å². The lowest BCUT2D eigenvalue weighted by atomic mass is 10.1. The molecular weight excluding hydrogens is 427 g/mol. The van der Waals surface area contributed by atoms with Gasteiger partial charge in [0.1, 0.15) is 0 Å². The molecule has 1 saturated heterocycles. The molecule has 3 rings (SSSR count). The van der Waals surface area contributed by atoms with Crippen LogP contribution < -0.4 is 14.4 Å². The highest BCUT2D eigenvalue weighted by molar-refractivity contribution is 8.27. The van der Waals surface area contributed by atoms with Gasteiger partial charge >= 0.3 is 6.18 Å².